The molecule has 1 aliphatic carbocycles. The maximum absolute atomic E-state index is 13.6. The van der Waals surface area contributed by atoms with Gasteiger partial charge in [0.25, 0.3) is 5.91 Å². The molecule has 1 unspecified atom stereocenters. The van der Waals surface area contributed by atoms with E-state index < -0.39 is 5.60 Å². The van der Waals surface area contributed by atoms with Gasteiger partial charge in [-0.3, -0.25) is 9.48 Å². The molecule has 2 aliphatic rings. The Morgan fingerprint density at radius 2 is 1.85 bits per heavy atom. The van der Waals surface area contributed by atoms with E-state index in [0.29, 0.717) is 36.7 Å². The van der Waals surface area contributed by atoms with Crippen molar-refractivity contribution in [2.24, 2.45) is 0 Å². The summed E-state index contributed by atoms with van der Waals surface area (Å²) < 4.78 is 7.29. The molecule has 1 atom stereocenters. The van der Waals surface area contributed by atoms with Crippen LogP contribution in [0.25, 0.3) is 11.3 Å². The molecule has 0 radical (unpaired) electrons. The lowest BCUT2D eigenvalue weighted by atomic mass is 10.0. The Bertz CT molecular complexity index is 1120. The molecule has 0 bridgehead atoms. The van der Waals surface area contributed by atoms with E-state index >= 15 is 0 Å². The Kier molecular flexibility index (Phi) is 6.39. The van der Waals surface area contributed by atoms with Crippen molar-refractivity contribution in [1.82, 2.24) is 20.0 Å². The third-order valence-electron chi connectivity index (χ3n) is 6.10. The summed E-state index contributed by atoms with van der Waals surface area (Å²) >= 11 is 0. The predicted molar refractivity (Wildman–Crippen MR) is 128 cm³/mol. The van der Waals surface area contributed by atoms with Gasteiger partial charge >= 0.3 is 6.09 Å². The lowest BCUT2D eigenvalue weighted by Crippen LogP contribution is -2.41. The number of hydrogen-bond donors (Lipinski definition) is 1. The van der Waals surface area contributed by atoms with Crippen LogP contribution in [-0.2, 0) is 4.74 Å². The van der Waals surface area contributed by atoms with Crippen molar-refractivity contribution >= 4 is 12.0 Å². The molecule has 2 aromatic rings. The minimum absolute atomic E-state index is 0.00669. The number of hydrogen-bond acceptors (Lipinski definition) is 5. The van der Waals surface area contributed by atoms with Crippen molar-refractivity contribution in [3.63, 3.8) is 0 Å². The second kappa shape index (κ2) is 9.13. The minimum Gasteiger partial charge on any atom is -0.444 e. The highest BCUT2D eigenvalue weighted by Crippen LogP contribution is 2.46. The summed E-state index contributed by atoms with van der Waals surface area (Å²) in [6.45, 7) is 10.5. The maximum atomic E-state index is 13.6. The third kappa shape index (κ3) is 5.09. The first-order chi connectivity index (χ1) is 16.1. The smallest absolute Gasteiger partial charge is 0.410 e. The molecule has 8 nitrogen and oxygen atoms in total. The van der Waals surface area contributed by atoms with Crippen LogP contribution in [0.5, 0.6) is 0 Å². The number of carbonyl (C=O) groups excluding carboxylic acids is 2. The largest absolute Gasteiger partial charge is 0.444 e. The van der Waals surface area contributed by atoms with E-state index in [9.17, 15) is 9.59 Å². The Hall–Kier alpha value is -3.34. The van der Waals surface area contributed by atoms with Gasteiger partial charge in [-0.25, -0.2) is 4.79 Å². The summed E-state index contributed by atoms with van der Waals surface area (Å²) in [6.07, 6.45) is 2.40. The highest BCUT2D eigenvalue weighted by molar-refractivity contribution is 5.96. The number of nitrogens with one attached hydrogen (secondary N) is 1. The summed E-state index contributed by atoms with van der Waals surface area (Å²) in [5.74, 6) is 0.153. The Morgan fingerprint density at radius 1 is 1.18 bits per heavy atom. The van der Waals surface area contributed by atoms with Crippen LogP contribution in [-0.4, -0.2) is 51.4 Å². The first-order valence-corrected chi connectivity index (χ1v) is 12.0. The van der Waals surface area contributed by atoms with Crippen molar-refractivity contribution in [3.05, 3.63) is 41.1 Å². The average Bonchev–Trinajstić information content (AvgIpc) is 3.36. The van der Waals surface area contributed by atoms with Crippen molar-refractivity contribution < 1.29 is 14.3 Å². The number of nitrogens with zero attached hydrogens (tertiary/aromatic N) is 4. The second-order valence-electron chi connectivity index (χ2n) is 10.5. The van der Waals surface area contributed by atoms with Crippen molar-refractivity contribution in [2.45, 2.75) is 77.5 Å². The highest BCUT2D eigenvalue weighted by Gasteiger charge is 2.37. The fourth-order valence-corrected chi connectivity index (χ4v) is 4.35. The normalized spacial score (nSPS) is 18.1. The van der Waals surface area contributed by atoms with E-state index in [4.69, 9.17) is 15.1 Å². The lowest BCUT2D eigenvalue weighted by Gasteiger charge is -2.24. The number of amides is 2. The molecule has 2 amide bonds. The summed E-state index contributed by atoms with van der Waals surface area (Å²) in [5.41, 5.74) is 3.35. The van der Waals surface area contributed by atoms with Crippen LogP contribution in [0.3, 0.4) is 0 Å². The molecule has 34 heavy (non-hydrogen) atoms. The fraction of sp³-hybridized carbons (Fsp3) is 0.538. The van der Waals surface area contributed by atoms with Gasteiger partial charge in [-0.2, -0.15) is 10.4 Å². The first kappa shape index (κ1) is 23.8. The Balaban J connectivity index is 1.58. The molecule has 1 aromatic heterocycles. The van der Waals surface area contributed by atoms with Gasteiger partial charge in [0, 0.05) is 36.3 Å². The summed E-state index contributed by atoms with van der Waals surface area (Å²) in [6, 6.07) is 9.37. The lowest BCUT2D eigenvalue weighted by molar-refractivity contribution is 0.0290. The molecule has 1 saturated carbocycles. The van der Waals surface area contributed by atoms with Gasteiger partial charge in [0.05, 0.1) is 17.3 Å². The van der Waals surface area contributed by atoms with E-state index in [1.54, 1.807) is 17.0 Å². The van der Waals surface area contributed by atoms with Gasteiger partial charge in [-0.15, -0.1) is 0 Å². The number of benzene rings is 1. The van der Waals surface area contributed by atoms with Crippen LogP contribution in [0.15, 0.2) is 24.3 Å². The monoisotopic (exact) mass is 463 g/mol. The molecule has 1 saturated heterocycles. The van der Waals surface area contributed by atoms with Gasteiger partial charge in [0.1, 0.15) is 11.3 Å². The molecular weight excluding hydrogens is 430 g/mol. The second-order valence-corrected chi connectivity index (χ2v) is 10.5. The minimum atomic E-state index is -0.552. The Labute approximate surface area is 200 Å². The van der Waals surface area contributed by atoms with Gasteiger partial charge < -0.3 is 15.0 Å². The average molecular weight is 464 g/mol. The molecule has 8 heteroatoms. The number of likely N-dealkylation sites (tertiary alicyclic amines) is 1. The van der Waals surface area contributed by atoms with E-state index in [-0.39, 0.29) is 24.1 Å². The number of aromatic nitrogens is 2. The standard InChI is InChI=1S/C26H33N5O3/c1-16(2)31-23(24(32)28-20-12-13-30(15-20)25(33)34-26(3,4)5)21(18-10-11-18)22(29-31)19-8-6-17(14-27)7-9-19/h6-9,16,18,20H,10-13,15H2,1-5H3,(H,28,32). The summed E-state index contributed by atoms with van der Waals surface area (Å²) in [4.78, 5) is 27.7. The molecule has 4 rings (SSSR count). The zero-order valence-electron chi connectivity index (χ0n) is 20.6. The van der Waals surface area contributed by atoms with Crippen molar-refractivity contribution in [1.29, 1.82) is 5.26 Å². The summed E-state index contributed by atoms with van der Waals surface area (Å²) in [5, 5.41) is 17.2. The van der Waals surface area contributed by atoms with Crippen molar-refractivity contribution in [2.75, 3.05) is 13.1 Å². The van der Waals surface area contributed by atoms with E-state index in [2.05, 4.69) is 11.4 Å². The van der Waals surface area contributed by atoms with Crippen molar-refractivity contribution in [3.8, 4) is 17.3 Å². The number of carbonyl (C=O) groups is 2. The molecule has 1 aromatic carbocycles. The molecule has 180 valence electrons. The molecule has 2 heterocycles. The number of nitriles is 1. The van der Waals surface area contributed by atoms with E-state index in [1.165, 1.54) is 0 Å². The van der Waals surface area contributed by atoms with Crippen LogP contribution < -0.4 is 5.32 Å². The first-order valence-electron chi connectivity index (χ1n) is 12.0. The van der Waals surface area contributed by atoms with E-state index in [0.717, 1.165) is 29.7 Å². The fourth-order valence-electron chi connectivity index (χ4n) is 4.35. The molecule has 1 N–H and O–H groups in total. The van der Waals surface area contributed by atoms with Crippen LogP contribution in [0.1, 0.15) is 87.5 Å². The van der Waals surface area contributed by atoms with Crippen LogP contribution >= 0.6 is 0 Å². The number of rotatable bonds is 5. The van der Waals surface area contributed by atoms with Gasteiger partial charge in [-0.1, -0.05) is 12.1 Å². The molecule has 0 spiro atoms. The van der Waals surface area contributed by atoms with Crippen LogP contribution in [0, 0.1) is 11.3 Å². The van der Waals surface area contributed by atoms with E-state index in [1.807, 2.05) is 51.4 Å². The molecule has 2 fully saturated rings. The number of ether oxygens (including phenoxy) is 1. The zero-order valence-corrected chi connectivity index (χ0v) is 20.6. The molecular formula is C26H33N5O3. The summed E-state index contributed by atoms with van der Waals surface area (Å²) in [7, 11) is 0. The quantitative estimate of drug-likeness (QED) is 0.697. The van der Waals surface area contributed by atoms with Gasteiger partial charge in [0.15, 0.2) is 0 Å². The maximum Gasteiger partial charge on any atom is 0.410 e. The topological polar surface area (TPSA) is 100 Å². The van der Waals surface area contributed by atoms with Gasteiger partial charge in [-0.05, 0) is 71.9 Å². The SMILES string of the molecule is CC(C)n1nc(-c2ccc(C#N)cc2)c(C2CC2)c1C(=O)NC1CCN(C(=O)OC(C)(C)C)C1. The molecule has 1 aliphatic heterocycles. The van der Waals surface area contributed by atoms with Crippen LogP contribution in [0.2, 0.25) is 0 Å². The highest BCUT2D eigenvalue weighted by atomic mass is 16.6. The van der Waals surface area contributed by atoms with Crippen LogP contribution in [0.4, 0.5) is 4.79 Å². The predicted octanol–water partition coefficient (Wildman–Crippen LogP) is 4.62. The Morgan fingerprint density at radius 3 is 2.41 bits per heavy atom. The zero-order chi connectivity index (χ0) is 24.6. The third-order valence-corrected chi connectivity index (χ3v) is 6.10. The van der Waals surface area contributed by atoms with Gasteiger partial charge in [0.2, 0.25) is 0 Å².